The highest BCUT2D eigenvalue weighted by Crippen LogP contribution is 2.17. The number of carbonyl (C=O) groups excluding carboxylic acids is 1. The van der Waals surface area contributed by atoms with Crippen LogP contribution in [0.5, 0.6) is 0 Å². The van der Waals surface area contributed by atoms with Crippen molar-refractivity contribution in [2.24, 2.45) is 0 Å². The van der Waals surface area contributed by atoms with Gasteiger partial charge in [0.2, 0.25) is 0 Å². The van der Waals surface area contributed by atoms with Crippen LogP contribution in [-0.2, 0) is 0 Å². The van der Waals surface area contributed by atoms with Gasteiger partial charge in [-0.15, -0.1) is 0 Å². The maximum Gasteiger partial charge on any atom is 0.287 e. The van der Waals surface area contributed by atoms with Crippen molar-refractivity contribution in [3.05, 3.63) is 39.4 Å². The van der Waals surface area contributed by atoms with Gasteiger partial charge in [0.1, 0.15) is 17.9 Å². The van der Waals surface area contributed by atoms with Crippen molar-refractivity contribution in [1.29, 1.82) is 5.26 Å². The molecule has 1 aromatic carbocycles. The molecule has 5 heteroatoms. The van der Waals surface area contributed by atoms with Crippen LogP contribution in [0, 0.1) is 21.4 Å². The third kappa shape index (κ3) is 1.68. The molecule has 0 aliphatic carbocycles. The number of hydrogen-bond donors (Lipinski definition) is 0. The fraction of sp³-hybridized carbons (Fsp3) is 0. The molecule has 1 aromatic rings. The largest absolute Gasteiger partial charge is 0.298 e. The van der Waals surface area contributed by atoms with Crippen LogP contribution >= 0.6 is 0 Å². The van der Waals surface area contributed by atoms with Crippen molar-refractivity contribution < 1.29 is 9.72 Å². The molecule has 64 valence electrons. The second-order valence-corrected chi connectivity index (χ2v) is 2.26. The summed E-state index contributed by atoms with van der Waals surface area (Å²) in [4.78, 5) is 20.0. The standard InChI is InChI=1S/C8H4N2O3/c9-4-7-3-6(5-11)1-2-8(7)10(12)13/h1-3,5H. The predicted molar refractivity (Wildman–Crippen MR) is 43.2 cm³/mol. The van der Waals surface area contributed by atoms with Crippen molar-refractivity contribution in [3.8, 4) is 6.07 Å². The average molecular weight is 176 g/mol. The molecular weight excluding hydrogens is 172 g/mol. The molecule has 1 rings (SSSR count). The summed E-state index contributed by atoms with van der Waals surface area (Å²) in [5.74, 6) is 0. The van der Waals surface area contributed by atoms with Gasteiger partial charge in [-0.2, -0.15) is 5.26 Å². The number of nitro groups is 1. The van der Waals surface area contributed by atoms with Crippen LogP contribution in [0.2, 0.25) is 0 Å². The molecule has 0 N–H and O–H groups in total. The van der Waals surface area contributed by atoms with E-state index in [0.717, 1.165) is 6.07 Å². The average Bonchev–Trinajstić information content (AvgIpc) is 2.16. The summed E-state index contributed by atoms with van der Waals surface area (Å²) in [5.41, 5.74) is -0.134. The Balaban J connectivity index is 3.33. The lowest BCUT2D eigenvalue weighted by atomic mass is 10.1. The van der Waals surface area contributed by atoms with Crippen molar-refractivity contribution in [2.45, 2.75) is 0 Å². The molecule has 0 aromatic heterocycles. The van der Waals surface area contributed by atoms with Gasteiger partial charge in [0.25, 0.3) is 5.69 Å². The third-order valence-electron chi connectivity index (χ3n) is 1.47. The Labute approximate surface area is 73.4 Å². The van der Waals surface area contributed by atoms with E-state index in [1.807, 2.05) is 0 Å². The van der Waals surface area contributed by atoms with E-state index in [-0.39, 0.29) is 16.8 Å². The summed E-state index contributed by atoms with van der Waals surface area (Å²) in [5, 5.41) is 18.9. The lowest BCUT2D eigenvalue weighted by Crippen LogP contribution is -1.93. The monoisotopic (exact) mass is 176 g/mol. The summed E-state index contributed by atoms with van der Waals surface area (Å²) < 4.78 is 0. The zero-order valence-electron chi connectivity index (χ0n) is 6.43. The van der Waals surface area contributed by atoms with Crippen molar-refractivity contribution >= 4 is 12.0 Å². The molecule has 0 aliphatic rings. The molecule has 0 saturated carbocycles. The SMILES string of the molecule is N#Cc1cc(C=O)ccc1[N+](=O)[O-]. The Morgan fingerprint density at radius 2 is 2.23 bits per heavy atom. The summed E-state index contributed by atoms with van der Waals surface area (Å²) in [6.07, 6.45) is 0.532. The molecule has 0 radical (unpaired) electrons. The smallest absolute Gasteiger partial charge is 0.287 e. The summed E-state index contributed by atoms with van der Waals surface area (Å²) in [6.45, 7) is 0. The topological polar surface area (TPSA) is 84.0 Å². The van der Waals surface area contributed by atoms with E-state index in [4.69, 9.17) is 5.26 Å². The van der Waals surface area contributed by atoms with Crippen LogP contribution < -0.4 is 0 Å². The Kier molecular flexibility index (Phi) is 2.36. The Bertz CT molecular complexity index is 406. The Morgan fingerprint density at radius 1 is 1.54 bits per heavy atom. The van der Waals surface area contributed by atoms with Gasteiger partial charge in [-0.25, -0.2) is 0 Å². The van der Waals surface area contributed by atoms with E-state index >= 15 is 0 Å². The first-order chi connectivity index (χ1) is 6.19. The van der Waals surface area contributed by atoms with Crippen LogP contribution in [-0.4, -0.2) is 11.2 Å². The normalized spacial score (nSPS) is 8.85. The Morgan fingerprint density at radius 3 is 2.69 bits per heavy atom. The van der Waals surface area contributed by atoms with E-state index in [1.165, 1.54) is 12.1 Å². The van der Waals surface area contributed by atoms with Crippen LogP contribution in [0.3, 0.4) is 0 Å². The van der Waals surface area contributed by atoms with Gasteiger partial charge in [0, 0.05) is 11.6 Å². The van der Waals surface area contributed by atoms with Crippen LogP contribution in [0.15, 0.2) is 18.2 Å². The Hall–Kier alpha value is -2.22. The molecule has 0 aliphatic heterocycles. The summed E-state index contributed by atoms with van der Waals surface area (Å²) >= 11 is 0. The highest BCUT2D eigenvalue weighted by Gasteiger charge is 2.12. The molecule has 0 saturated heterocycles. The minimum atomic E-state index is -0.660. The quantitative estimate of drug-likeness (QED) is 0.386. The second kappa shape index (κ2) is 3.45. The van der Waals surface area contributed by atoms with E-state index in [2.05, 4.69) is 0 Å². The zero-order chi connectivity index (χ0) is 9.84. The lowest BCUT2D eigenvalue weighted by molar-refractivity contribution is -0.385. The molecule has 0 amide bonds. The van der Waals surface area contributed by atoms with Crippen LogP contribution in [0.4, 0.5) is 5.69 Å². The zero-order valence-corrected chi connectivity index (χ0v) is 6.43. The number of nitrogens with zero attached hydrogens (tertiary/aromatic N) is 2. The molecule has 0 atom stereocenters. The van der Waals surface area contributed by atoms with E-state index in [0.29, 0.717) is 6.29 Å². The predicted octanol–water partition coefficient (Wildman–Crippen LogP) is 1.28. The third-order valence-corrected chi connectivity index (χ3v) is 1.47. The van der Waals surface area contributed by atoms with Gasteiger partial charge in [-0.05, 0) is 12.1 Å². The first-order valence-electron chi connectivity index (χ1n) is 3.32. The molecule has 0 fully saturated rings. The van der Waals surface area contributed by atoms with Gasteiger partial charge in [-0.1, -0.05) is 0 Å². The van der Waals surface area contributed by atoms with Gasteiger partial charge in [0.05, 0.1) is 4.92 Å². The van der Waals surface area contributed by atoms with E-state index in [9.17, 15) is 14.9 Å². The number of nitriles is 1. The number of aldehydes is 1. The minimum absolute atomic E-state index is 0.102. The van der Waals surface area contributed by atoms with Gasteiger partial charge in [0.15, 0.2) is 0 Å². The number of hydrogen-bond acceptors (Lipinski definition) is 4. The first-order valence-corrected chi connectivity index (χ1v) is 3.32. The lowest BCUT2D eigenvalue weighted by Gasteiger charge is -1.94. The number of carbonyl (C=O) groups is 1. The molecule has 0 spiro atoms. The highest BCUT2D eigenvalue weighted by molar-refractivity contribution is 5.76. The number of rotatable bonds is 2. The molecule has 5 nitrogen and oxygen atoms in total. The fourth-order valence-electron chi connectivity index (χ4n) is 0.876. The van der Waals surface area contributed by atoms with Gasteiger partial charge in [-0.3, -0.25) is 14.9 Å². The van der Waals surface area contributed by atoms with Crippen LogP contribution in [0.1, 0.15) is 15.9 Å². The molecular formula is C8H4N2O3. The minimum Gasteiger partial charge on any atom is -0.298 e. The number of benzene rings is 1. The summed E-state index contributed by atoms with van der Waals surface area (Å²) in [6, 6.07) is 5.28. The van der Waals surface area contributed by atoms with Crippen LogP contribution in [0.25, 0.3) is 0 Å². The summed E-state index contributed by atoms with van der Waals surface area (Å²) in [7, 11) is 0. The van der Waals surface area contributed by atoms with E-state index in [1.54, 1.807) is 6.07 Å². The maximum absolute atomic E-state index is 10.3. The van der Waals surface area contributed by atoms with Crippen molar-refractivity contribution in [3.63, 3.8) is 0 Å². The maximum atomic E-state index is 10.3. The number of nitro benzene ring substituents is 1. The molecule has 0 unspecified atom stereocenters. The van der Waals surface area contributed by atoms with Gasteiger partial charge >= 0.3 is 0 Å². The molecule has 13 heavy (non-hydrogen) atoms. The fourth-order valence-corrected chi connectivity index (χ4v) is 0.876. The molecule has 0 bridgehead atoms. The highest BCUT2D eigenvalue weighted by atomic mass is 16.6. The van der Waals surface area contributed by atoms with Crippen molar-refractivity contribution in [1.82, 2.24) is 0 Å². The van der Waals surface area contributed by atoms with Gasteiger partial charge < -0.3 is 0 Å². The first kappa shape index (κ1) is 8.87. The second-order valence-electron chi connectivity index (χ2n) is 2.26. The molecule has 0 heterocycles. The van der Waals surface area contributed by atoms with E-state index < -0.39 is 4.92 Å². The van der Waals surface area contributed by atoms with Crippen molar-refractivity contribution in [2.75, 3.05) is 0 Å².